The minimum atomic E-state index is -1.13. The molecular formula is C16H22FNO5. The smallest absolute Gasteiger partial charge is 0.320 e. The van der Waals surface area contributed by atoms with Gasteiger partial charge in [-0.3, -0.25) is 9.59 Å². The molecule has 0 aliphatic heterocycles. The van der Waals surface area contributed by atoms with Crippen LogP contribution in [0, 0.1) is 5.92 Å². The highest BCUT2D eigenvalue weighted by Gasteiger charge is 2.20. The van der Waals surface area contributed by atoms with Crippen molar-refractivity contribution in [1.29, 1.82) is 0 Å². The molecule has 23 heavy (non-hydrogen) atoms. The van der Waals surface area contributed by atoms with Crippen molar-refractivity contribution in [1.82, 2.24) is 0 Å². The Bertz CT molecular complexity index is 506. The molecule has 0 unspecified atom stereocenters. The Labute approximate surface area is 134 Å². The summed E-state index contributed by atoms with van der Waals surface area (Å²) in [4.78, 5) is 21.9. The lowest BCUT2D eigenvalue weighted by atomic mass is 9.93. The van der Waals surface area contributed by atoms with Crippen LogP contribution in [0.5, 0.6) is 5.75 Å². The lowest BCUT2D eigenvalue weighted by Crippen LogP contribution is -2.31. The maximum absolute atomic E-state index is 12.0. The van der Waals surface area contributed by atoms with Crippen molar-refractivity contribution in [2.45, 2.75) is 31.7 Å². The number of aryl methyl sites for hydroxylation is 1. The van der Waals surface area contributed by atoms with Crippen molar-refractivity contribution in [2.75, 3.05) is 13.3 Å². The van der Waals surface area contributed by atoms with E-state index in [0.717, 1.165) is 5.56 Å². The van der Waals surface area contributed by atoms with E-state index in [1.54, 1.807) is 24.3 Å². The lowest BCUT2D eigenvalue weighted by Gasteiger charge is -2.14. The molecule has 0 aliphatic carbocycles. The second kappa shape index (κ2) is 9.78. The van der Waals surface area contributed by atoms with Crippen LogP contribution in [0.15, 0.2) is 24.3 Å². The van der Waals surface area contributed by atoms with Gasteiger partial charge >= 0.3 is 11.9 Å². The number of ether oxygens (including phenoxy) is 1. The summed E-state index contributed by atoms with van der Waals surface area (Å²) in [6.45, 7) is -0.551. The minimum Gasteiger partial charge on any atom is -0.491 e. The predicted molar refractivity (Wildman–Crippen MR) is 82.2 cm³/mol. The van der Waals surface area contributed by atoms with Crippen LogP contribution >= 0.6 is 0 Å². The Hall–Kier alpha value is -2.15. The average Bonchev–Trinajstić information content (AvgIpc) is 2.53. The number of carboxylic acid groups (broad SMARTS) is 2. The molecule has 128 valence electrons. The van der Waals surface area contributed by atoms with Gasteiger partial charge in [-0.1, -0.05) is 12.1 Å². The summed E-state index contributed by atoms with van der Waals surface area (Å²) in [6, 6.07) is 5.98. The topological polar surface area (TPSA) is 110 Å². The molecule has 1 rings (SSSR count). The zero-order valence-corrected chi connectivity index (χ0v) is 12.8. The number of aliphatic carboxylic acids is 2. The first-order valence-corrected chi connectivity index (χ1v) is 7.43. The van der Waals surface area contributed by atoms with Crippen LogP contribution in [0.1, 0.15) is 24.8 Å². The molecule has 0 aromatic heterocycles. The first-order valence-electron chi connectivity index (χ1n) is 7.43. The lowest BCUT2D eigenvalue weighted by molar-refractivity contribution is -0.143. The number of nitrogens with two attached hydrogens (primary N) is 1. The van der Waals surface area contributed by atoms with E-state index < -0.39 is 30.6 Å². The second-order valence-electron chi connectivity index (χ2n) is 5.28. The first kappa shape index (κ1) is 18.9. The third kappa shape index (κ3) is 7.10. The van der Waals surface area contributed by atoms with Gasteiger partial charge in [0.05, 0.1) is 5.92 Å². The van der Waals surface area contributed by atoms with E-state index in [1.165, 1.54) is 0 Å². The summed E-state index contributed by atoms with van der Waals surface area (Å²) < 4.78 is 17.1. The van der Waals surface area contributed by atoms with Crippen LogP contribution in [0.25, 0.3) is 0 Å². The van der Waals surface area contributed by atoms with Gasteiger partial charge in [-0.15, -0.1) is 0 Å². The highest BCUT2D eigenvalue weighted by molar-refractivity contribution is 5.73. The standard InChI is InChI=1S/C16H22FNO5/c17-9-10-23-13-6-2-11(3-7-13)1-4-12(15(19)20)5-8-14(18)16(21)22/h2-3,6-7,12,14H,1,4-5,8-10,18H2,(H,19,20)(H,21,22)/t12-,14-/m0/s1. The maximum atomic E-state index is 12.0. The summed E-state index contributed by atoms with van der Waals surface area (Å²) in [5, 5.41) is 17.9. The number of alkyl halides is 1. The van der Waals surface area contributed by atoms with Crippen LogP contribution in [0.4, 0.5) is 4.39 Å². The van der Waals surface area contributed by atoms with Crippen LogP contribution < -0.4 is 10.5 Å². The van der Waals surface area contributed by atoms with Crippen molar-refractivity contribution >= 4 is 11.9 Å². The minimum absolute atomic E-state index is 0.00423. The van der Waals surface area contributed by atoms with E-state index in [1.807, 2.05) is 0 Å². The Balaban J connectivity index is 2.48. The van der Waals surface area contributed by atoms with Crippen molar-refractivity contribution in [3.63, 3.8) is 0 Å². The number of carbonyl (C=O) groups is 2. The van der Waals surface area contributed by atoms with Crippen molar-refractivity contribution in [2.24, 2.45) is 11.7 Å². The fourth-order valence-corrected chi connectivity index (χ4v) is 2.15. The van der Waals surface area contributed by atoms with Crippen molar-refractivity contribution in [3.05, 3.63) is 29.8 Å². The fourth-order valence-electron chi connectivity index (χ4n) is 2.15. The molecule has 0 radical (unpaired) electrons. The van der Waals surface area contributed by atoms with Crippen molar-refractivity contribution in [3.8, 4) is 5.75 Å². The summed E-state index contributed by atoms with van der Waals surface area (Å²) in [6.07, 6.45) is 1.29. The SMILES string of the molecule is N[C@@H](CC[C@H](CCc1ccc(OCCF)cc1)C(=O)O)C(=O)O. The van der Waals surface area contributed by atoms with Gasteiger partial charge in [0.15, 0.2) is 0 Å². The quantitative estimate of drug-likeness (QED) is 0.572. The van der Waals surface area contributed by atoms with E-state index in [9.17, 15) is 19.1 Å². The largest absolute Gasteiger partial charge is 0.491 e. The van der Waals surface area contributed by atoms with E-state index >= 15 is 0 Å². The van der Waals surface area contributed by atoms with E-state index in [-0.39, 0.29) is 19.4 Å². The summed E-state index contributed by atoms with van der Waals surface area (Å²) in [5.41, 5.74) is 6.33. The van der Waals surface area contributed by atoms with Crippen LogP contribution in [0.3, 0.4) is 0 Å². The number of rotatable bonds is 11. The number of hydrogen-bond donors (Lipinski definition) is 3. The third-order valence-corrected chi connectivity index (χ3v) is 3.54. The highest BCUT2D eigenvalue weighted by atomic mass is 19.1. The molecule has 0 aliphatic rings. The Morgan fingerprint density at radius 1 is 1.09 bits per heavy atom. The van der Waals surface area contributed by atoms with E-state index in [4.69, 9.17) is 15.6 Å². The van der Waals surface area contributed by atoms with E-state index in [2.05, 4.69) is 0 Å². The van der Waals surface area contributed by atoms with Gasteiger partial charge < -0.3 is 20.7 Å². The van der Waals surface area contributed by atoms with Gasteiger partial charge in [-0.25, -0.2) is 4.39 Å². The Morgan fingerprint density at radius 3 is 2.26 bits per heavy atom. The van der Waals surface area contributed by atoms with Gasteiger partial charge in [-0.05, 0) is 43.4 Å². The van der Waals surface area contributed by atoms with Gasteiger partial charge in [0.25, 0.3) is 0 Å². The van der Waals surface area contributed by atoms with Crippen LogP contribution in [0.2, 0.25) is 0 Å². The van der Waals surface area contributed by atoms with Crippen LogP contribution in [-0.2, 0) is 16.0 Å². The maximum Gasteiger partial charge on any atom is 0.320 e. The summed E-state index contributed by atoms with van der Waals surface area (Å²) in [7, 11) is 0. The van der Waals surface area contributed by atoms with Crippen molar-refractivity contribution < 1.29 is 28.9 Å². The predicted octanol–water partition coefficient (Wildman–Crippen LogP) is 1.86. The molecule has 2 atom stereocenters. The fraction of sp³-hybridized carbons (Fsp3) is 0.500. The monoisotopic (exact) mass is 327 g/mol. The normalized spacial score (nSPS) is 13.3. The van der Waals surface area contributed by atoms with Crippen LogP contribution in [-0.4, -0.2) is 41.5 Å². The summed E-state index contributed by atoms with van der Waals surface area (Å²) in [5.74, 6) is -2.15. The zero-order valence-electron chi connectivity index (χ0n) is 12.8. The average molecular weight is 327 g/mol. The third-order valence-electron chi connectivity index (χ3n) is 3.54. The molecule has 1 aromatic rings. The van der Waals surface area contributed by atoms with Gasteiger partial charge in [0, 0.05) is 0 Å². The second-order valence-corrected chi connectivity index (χ2v) is 5.28. The molecule has 4 N–H and O–H groups in total. The highest BCUT2D eigenvalue weighted by Crippen LogP contribution is 2.19. The molecule has 6 nitrogen and oxygen atoms in total. The molecular weight excluding hydrogens is 305 g/mol. The molecule has 0 bridgehead atoms. The number of carboxylic acids is 2. The Morgan fingerprint density at radius 2 is 1.74 bits per heavy atom. The number of hydrogen-bond acceptors (Lipinski definition) is 4. The number of benzene rings is 1. The zero-order chi connectivity index (χ0) is 17.2. The molecule has 0 saturated carbocycles. The Kier molecular flexibility index (Phi) is 8.04. The molecule has 0 heterocycles. The number of halogens is 1. The molecule has 0 fully saturated rings. The van der Waals surface area contributed by atoms with Gasteiger partial charge in [-0.2, -0.15) is 0 Å². The molecule has 1 aromatic carbocycles. The first-order chi connectivity index (χ1) is 10.9. The van der Waals surface area contributed by atoms with Gasteiger partial charge in [0.2, 0.25) is 0 Å². The summed E-state index contributed by atoms with van der Waals surface area (Å²) >= 11 is 0. The van der Waals surface area contributed by atoms with E-state index in [0.29, 0.717) is 18.6 Å². The van der Waals surface area contributed by atoms with Gasteiger partial charge in [0.1, 0.15) is 25.1 Å². The molecule has 0 spiro atoms. The molecule has 7 heteroatoms. The molecule has 0 saturated heterocycles. The molecule has 0 amide bonds.